The Morgan fingerprint density at radius 2 is 2.27 bits per heavy atom. The summed E-state index contributed by atoms with van der Waals surface area (Å²) in [6.07, 6.45) is 2.15. The molecule has 1 atom stereocenters. The van der Waals surface area contributed by atoms with E-state index in [1.807, 2.05) is 32.9 Å². The third-order valence-electron chi connectivity index (χ3n) is 3.39. The molecule has 2 aromatic heterocycles. The van der Waals surface area contributed by atoms with E-state index in [-0.39, 0.29) is 12.2 Å². The number of hydrogen-bond donors (Lipinski definition) is 1. The molecule has 0 aliphatic carbocycles. The maximum Gasteiger partial charge on any atom is 0.410 e. The molecule has 1 fully saturated rings. The van der Waals surface area contributed by atoms with Crippen LogP contribution in [0.15, 0.2) is 18.5 Å². The van der Waals surface area contributed by atoms with Gasteiger partial charge in [-0.3, -0.25) is 4.98 Å². The number of pyridine rings is 1. The number of nitrogens with zero attached hydrogens (tertiary/aromatic N) is 2. The van der Waals surface area contributed by atoms with Crippen LogP contribution in [0, 0.1) is 0 Å². The van der Waals surface area contributed by atoms with Crippen molar-refractivity contribution < 1.29 is 19.3 Å². The summed E-state index contributed by atoms with van der Waals surface area (Å²) < 4.78 is 11.2. The summed E-state index contributed by atoms with van der Waals surface area (Å²) in [5.41, 5.74) is 1.20. The van der Waals surface area contributed by atoms with E-state index in [2.05, 4.69) is 15.0 Å². The maximum atomic E-state index is 12.0. The predicted octanol–water partition coefficient (Wildman–Crippen LogP) is 1.77. The van der Waals surface area contributed by atoms with Crippen LogP contribution in [-0.2, 0) is 4.74 Å². The fraction of sp³-hybridized carbons (Fsp3) is 0.533. The van der Waals surface area contributed by atoms with Crippen molar-refractivity contribution in [3.05, 3.63) is 18.5 Å². The molecular weight excluding hydrogens is 284 g/mol. The van der Waals surface area contributed by atoms with Gasteiger partial charge < -0.3 is 14.4 Å². The van der Waals surface area contributed by atoms with Crippen molar-refractivity contribution in [3.63, 3.8) is 0 Å². The van der Waals surface area contributed by atoms with Crippen LogP contribution in [0.1, 0.15) is 27.2 Å². The number of imidazole rings is 1. The van der Waals surface area contributed by atoms with Crippen LogP contribution < -0.4 is 9.72 Å². The van der Waals surface area contributed by atoms with Crippen LogP contribution in [-0.4, -0.2) is 45.8 Å². The number of likely N-dealkylation sites (tertiary alicyclic amines) is 1. The van der Waals surface area contributed by atoms with E-state index in [1.165, 1.54) is 0 Å². The standard InChI is InChI=1S/C15H20N4O3/c1-15(2,3)22-14(20)19-7-6-10(8-19)21-12-5-4-11-13(18-12)17-9-16-11/h4-5,9-10H,6-8H2,1-3H3,(H,16,17,18)/p+1. The molecule has 0 saturated carbocycles. The van der Waals surface area contributed by atoms with Crippen LogP contribution in [0.3, 0.4) is 0 Å². The highest BCUT2D eigenvalue weighted by Crippen LogP contribution is 2.20. The van der Waals surface area contributed by atoms with Crippen molar-refractivity contribution >= 4 is 17.3 Å². The van der Waals surface area contributed by atoms with Gasteiger partial charge in [0, 0.05) is 19.0 Å². The monoisotopic (exact) mass is 305 g/mol. The van der Waals surface area contributed by atoms with Crippen LogP contribution in [0.2, 0.25) is 0 Å². The molecule has 22 heavy (non-hydrogen) atoms. The molecular formula is C15H21N4O3+. The van der Waals surface area contributed by atoms with Gasteiger partial charge in [0.05, 0.1) is 6.54 Å². The van der Waals surface area contributed by atoms with Gasteiger partial charge >= 0.3 is 11.7 Å². The Balaban J connectivity index is 1.59. The number of carbonyl (C=O) groups excluding carboxylic acids is 1. The number of amides is 1. The second-order valence-electron chi connectivity index (χ2n) is 6.43. The van der Waals surface area contributed by atoms with Gasteiger partial charge in [-0.1, -0.05) is 4.98 Å². The normalized spacial score (nSPS) is 18.7. The zero-order chi connectivity index (χ0) is 15.7. The van der Waals surface area contributed by atoms with Gasteiger partial charge in [0.2, 0.25) is 0 Å². The second kappa shape index (κ2) is 5.47. The van der Waals surface area contributed by atoms with E-state index in [9.17, 15) is 4.79 Å². The summed E-state index contributed by atoms with van der Waals surface area (Å²) >= 11 is 0. The van der Waals surface area contributed by atoms with E-state index in [0.717, 1.165) is 17.6 Å². The lowest BCUT2D eigenvalue weighted by atomic mass is 10.2. The zero-order valence-corrected chi connectivity index (χ0v) is 13.0. The van der Waals surface area contributed by atoms with Crippen LogP contribution in [0.25, 0.3) is 11.2 Å². The second-order valence-corrected chi connectivity index (χ2v) is 6.43. The van der Waals surface area contributed by atoms with Gasteiger partial charge in [0.25, 0.3) is 5.88 Å². The van der Waals surface area contributed by atoms with Crippen molar-refractivity contribution in [1.29, 1.82) is 0 Å². The largest absolute Gasteiger partial charge is 0.460 e. The molecule has 2 aromatic rings. The fourth-order valence-corrected chi connectivity index (χ4v) is 2.40. The molecule has 0 radical (unpaired) electrons. The summed E-state index contributed by atoms with van der Waals surface area (Å²) in [7, 11) is 0. The molecule has 7 nitrogen and oxygen atoms in total. The molecule has 1 amide bonds. The highest BCUT2D eigenvalue weighted by molar-refractivity contribution is 5.68. The smallest absolute Gasteiger partial charge is 0.410 e. The molecule has 1 aliphatic heterocycles. The minimum atomic E-state index is -0.479. The Hall–Kier alpha value is -2.31. The lowest BCUT2D eigenvalue weighted by Crippen LogP contribution is -2.36. The van der Waals surface area contributed by atoms with Crippen molar-refractivity contribution in [2.75, 3.05) is 13.1 Å². The minimum Gasteiger partial charge on any atom is -0.460 e. The molecule has 2 N–H and O–H groups in total. The highest BCUT2D eigenvalue weighted by atomic mass is 16.6. The van der Waals surface area contributed by atoms with E-state index in [1.54, 1.807) is 11.2 Å². The molecule has 7 heteroatoms. The van der Waals surface area contributed by atoms with Crippen LogP contribution in [0.4, 0.5) is 4.79 Å². The van der Waals surface area contributed by atoms with Gasteiger partial charge in [-0.15, -0.1) is 0 Å². The molecule has 3 heterocycles. The number of carbonyl (C=O) groups is 1. The molecule has 118 valence electrons. The molecule has 0 spiro atoms. The molecule has 1 saturated heterocycles. The Bertz CT molecular complexity index is 677. The number of rotatable bonds is 2. The third kappa shape index (κ3) is 3.29. The van der Waals surface area contributed by atoms with E-state index in [4.69, 9.17) is 9.47 Å². The van der Waals surface area contributed by atoms with E-state index >= 15 is 0 Å². The van der Waals surface area contributed by atoms with Crippen LogP contribution in [0.5, 0.6) is 5.88 Å². The molecule has 3 rings (SSSR count). The van der Waals surface area contributed by atoms with Crippen molar-refractivity contribution in [2.24, 2.45) is 0 Å². The zero-order valence-electron chi connectivity index (χ0n) is 13.0. The summed E-state index contributed by atoms with van der Waals surface area (Å²) in [6.45, 7) is 6.74. The average Bonchev–Trinajstić information content (AvgIpc) is 3.04. The summed E-state index contributed by atoms with van der Waals surface area (Å²) in [6, 6.07) is 3.73. The summed E-state index contributed by atoms with van der Waals surface area (Å²) in [4.78, 5) is 24.1. The quantitative estimate of drug-likeness (QED) is 0.916. The Morgan fingerprint density at radius 1 is 1.45 bits per heavy atom. The van der Waals surface area contributed by atoms with Gasteiger partial charge in [-0.25, -0.2) is 9.78 Å². The Kier molecular flexibility index (Phi) is 3.64. The van der Waals surface area contributed by atoms with E-state index in [0.29, 0.717) is 19.0 Å². The first kappa shape index (κ1) is 14.6. The number of ether oxygens (including phenoxy) is 2. The molecule has 1 unspecified atom stereocenters. The lowest BCUT2D eigenvalue weighted by molar-refractivity contribution is -0.347. The number of aromatic amines is 2. The summed E-state index contributed by atoms with van der Waals surface area (Å²) in [5, 5.41) is 0. The van der Waals surface area contributed by atoms with Gasteiger partial charge in [-0.05, 0) is 26.8 Å². The Morgan fingerprint density at radius 3 is 3.05 bits per heavy atom. The van der Waals surface area contributed by atoms with E-state index < -0.39 is 5.60 Å². The minimum absolute atomic E-state index is 0.0589. The van der Waals surface area contributed by atoms with Crippen molar-refractivity contribution in [3.8, 4) is 5.88 Å². The van der Waals surface area contributed by atoms with Crippen molar-refractivity contribution in [1.82, 2.24) is 14.9 Å². The van der Waals surface area contributed by atoms with Crippen LogP contribution >= 0.6 is 0 Å². The first-order valence-electron chi connectivity index (χ1n) is 7.41. The molecule has 1 aliphatic rings. The van der Waals surface area contributed by atoms with Gasteiger partial charge in [0.15, 0.2) is 11.8 Å². The first-order valence-corrected chi connectivity index (χ1v) is 7.41. The maximum absolute atomic E-state index is 12.0. The Labute approximate surface area is 128 Å². The van der Waals surface area contributed by atoms with Gasteiger partial charge in [0.1, 0.15) is 11.7 Å². The molecule has 0 aromatic carbocycles. The number of hydrogen-bond acceptors (Lipinski definition) is 4. The number of nitrogens with one attached hydrogen (secondary N) is 2. The first-order chi connectivity index (χ1) is 10.4. The van der Waals surface area contributed by atoms with Gasteiger partial charge in [-0.2, -0.15) is 0 Å². The number of fused-ring (bicyclic) bond motifs is 1. The predicted molar refractivity (Wildman–Crippen MR) is 79.5 cm³/mol. The average molecular weight is 305 g/mol. The van der Waals surface area contributed by atoms with Crippen molar-refractivity contribution in [2.45, 2.75) is 38.9 Å². The number of H-pyrrole nitrogens is 2. The fourth-order valence-electron chi connectivity index (χ4n) is 2.40. The summed E-state index contributed by atoms with van der Waals surface area (Å²) in [5.74, 6) is 0.555. The highest BCUT2D eigenvalue weighted by Gasteiger charge is 2.31. The topological polar surface area (TPSA) is 81.6 Å². The molecule has 0 bridgehead atoms. The SMILES string of the molecule is CC(C)(C)OC(=O)N1CCC(Oc2ccc3[nH]c[nH+]c3n2)C1. The number of aromatic nitrogens is 3. The lowest BCUT2D eigenvalue weighted by Gasteiger charge is -2.24. The third-order valence-corrected chi connectivity index (χ3v) is 3.39.